The Morgan fingerprint density at radius 3 is 2.43 bits per heavy atom. The van der Waals surface area contributed by atoms with Gasteiger partial charge in [0.1, 0.15) is 0 Å². The van der Waals surface area contributed by atoms with Gasteiger partial charge in [0.05, 0.1) is 12.6 Å². The monoisotopic (exact) mass is 406 g/mol. The van der Waals surface area contributed by atoms with Gasteiger partial charge < -0.3 is 15.7 Å². The molecule has 158 valence electrons. The smallest absolute Gasteiger partial charge is 0.317 e. The predicted octanol–water partition coefficient (Wildman–Crippen LogP) is 4.84. The Kier molecular flexibility index (Phi) is 8.56. The predicted molar refractivity (Wildman–Crippen MR) is 122 cm³/mol. The molecule has 3 rings (SSSR count). The molecule has 1 unspecified atom stereocenters. The summed E-state index contributed by atoms with van der Waals surface area (Å²) in [5.41, 5.74) is 3.42. The maximum Gasteiger partial charge on any atom is 0.317 e. The van der Waals surface area contributed by atoms with E-state index in [1.54, 1.807) is 0 Å². The molecule has 0 saturated heterocycles. The van der Waals surface area contributed by atoms with E-state index in [9.17, 15) is 9.59 Å². The fourth-order valence-electron chi connectivity index (χ4n) is 3.32. The van der Waals surface area contributed by atoms with E-state index in [4.69, 9.17) is 5.11 Å². The van der Waals surface area contributed by atoms with Gasteiger partial charge in [0.15, 0.2) is 0 Å². The Morgan fingerprint density at radius 1 is 1.00 bits per heavy atom. The molecule has 3 aromatic carbocycles. The third-order valence-corrected chi connectivity index (χ3v) is 4.79. The van der Waals surface area contributed by atoms with Crippen LogP contribution in [0.15, 0.2) is 60.7 Å². The zero-order chi connectivity index (χ0) is 22.1. The lowest BCUT2D eigenvalue weighted by Gasteiger charge is -2.18. The number of carboxylic acids is 1. The molecule has 0 spiro atoms. The summed E-state index contributed by atoms with van der Waals surface area (Å²) in [5, 5.41) is 16.9. The van der Waals surface area contributed by atoms with Crippen LogP contribution >= 0.6 is 0 Å². The first-order valence-corrected chi connectivity index (χ1v) is 10.3. The van der Waals surface area contributed by atoms with E-state index in [0.29, 0.717) is 12.1 Å². The van der Waals surface area contributed by atoms with Gasteiger partial charge in [-0.3, -0.25) is 9.59 Å². The van der Waals surface area contributed by atoms with Crippen LogP contribution in [0.5, 0.6) is 0 Å². The highest BCUT2D eigenvalue weighted by atomic mass is 16.4. The summed E-state index contributed by atoms with van der Waals surface area (Å²) >= 11 is 0. The molecule has 0 fully saturated rings. The van der Waals surface area contributed by atoms with Crippen LogP contribution in [0.3, 0.4) is 0 Å². The SMILES string of the molecule is CC.Cc1ccc(CNCC(=O)O)cc1C(=O)NC(C)c1cccc2ccccc12. The Balaban J connectivity index is 0.00000155. The van der Waals surface area contributed by atoms with E-state index >= 15 is 0 Å². The number of aliphatic carboxylic acids is 1. The molecule has 30 heavy (non-hydrogen) atoms. The van der Waals surface area contributed by atoms with Crippen molar-refractivity contribution < 1.29 is 14.7 Å². The molecule has 0 aliphatic carbocycles. The highest BCUT2D eigenvalue weighted by molar-refractivity contribution is 5.96. The van der Waals surface area contributed by atoms with Gasteiger partial charge in [-0.2, -0.15) is 0 Å². The van der Waals surface area contributed by atoms with Crippen molar-refractivity contribution in [2.45, 2.75) is 40.3 Å². The quantitative estimate of drug-likeness (QED) is 0.525. The minimum Gasteiger partial charge on any atom is -0.480 e. The molecule has 0 heterocycles. The molecule has 0 aromatic heterocycles. The van der Waals surface area contributed by atoms with Gasteiger partial charge in [-0.25, -0.2) is 0 Å². The molecular formula is C25H30N2O3. The lowest BCUT2D eigenvalue weighted by atomic mass is 9.98. The largest absolute Gasteiger partial charge is 0.480 e. The number of carbonyl (C=O) groups excluding carboxylic acids is 1. The molecular weight excluding hydrogens is 376 g/mol. The average molecular weight is 407 g/mol. The third-order valence-electron chi connectivity index (χ3n) is 4.79. The topological polar surface area (TPSA) is 78.4 Å². The second-order valence-corrected chi connectivity index (χ2v) is 6.91. The Bertz CT molecular complexity index is 1010. The van der Waals surface area contributed by atoms with Crippen molar-refractivity contribution in [2.75, 3.05) is 6.54 Å². The van der Waals surface area contributed by atoms with Crippen LogP contribution in [0.4, 0.5) is 0 Å². The molecule has 3 N–H and O–H groups in total. The number of aryl methyl sites for hydroxylation is 1. The average Bonchev–Trinajstić information content (AvgIpc) is 2.75. The lowest BCUT2D eigenvalue weighted by molar-refractivity contribution is -0.136. The lowest BCUT2D eigenvalue weighted by Crippen LogP contribution is -2.28. The summed E-state index contributed by atoms with van der Waals surface area (Å²) in [6.07, 6.45) is 0. The van der Waals surface area contributed by atoms with Crippen LogP contribution in [-0.2, 0) is 11.3 Å². The van der Waals surface area contributed by atoms with Gasteiger partial charge >= 0.3 is 5.97 Å². The van der Waals surface area contributed by atoms with Gasteiger partial charge in [0.2, 0.25) is 0 Å². The second kappa shape index (κ2) is 11.1. The van der Waals surface area contributed by atoms with Crippen molar-refractivity contribution in [3.8, 4) is 0 Å². The zero-order valence-corrected chi connectivity index (χ0v) is 18.0. The number of carboxylic acid groups (broad SMARTS) is 1. The minimum absolute atomic E-state index is 0.118. The van der Waals surface area contributed by atoms with E-state index < -0.39 is 5.97 Å². The summed E-state index contributed by atoms with van der Waals surface area (Å²) in [7, 11) is 0. The van der Waals surface area contributed by atoms with E-state index in [-0.39, 0.29) is 18.5 Å². The minimum atomic E-state index is -0.908. The van der Waals surface area contributed by atoms with Gasteiger partial charge in [-0.05, 0) is 47.4 Å². The Labute approximate surface area is 178 Å². The van der Waals surface area contributed by atoms with E-state index in [0.717, 1.165) is 27.5 Å². The normalized spacial score (nSPS) is 11.3. The van der Waals surface area contributed by atoms with Gasteiger partial charge in [0.25, 0.3) is 5.91 Å². The van der Waals surface area contributed by atoms with E-state index in [1.807, 2.05) is 70.2 Å². The molecule has 5 heteroatoms. The molecule has 1 atom stereocenters. The number of carbonyl (C=O) groups is 2. The molecule has 3 aromatic rings. The maximum absolute atomic E-state index is 12.9. The molecule has 0 aliphatic rings. The summed E-state index contributed by atoms with van der Waals surface area (Å²) in [4.78, 5) is 23.5. The first-order valence-electron chi connectivity index (χ1n) is 10.3. The van der Waals surface area contributed by atoms with Crippen LogP contribution < -0.4 is 10.6 Å². The van der Waals surface area contributed by atoms with Crippen molar-refractivity contribution in [3.63, 3.8) is 0 Å². The van der Waals surface area contributed by atoms with Crippen LogP contribution in [0.25, 0.3) is 10.8 Å². The van der Waals surface area contributed by atoms with Crippen molar-refractivity contribution in [3.05, 3.63) is 82.9 Å². The number of fused-ring (bicyclic) bond motifs is 1. The number of amides is 1. The molecule has 0 bridgehead atoms. The van der Waals surface area contributed by atoms with Crippen molar-refractivity contribution in [2.24, 2.45) is 0 Å². The fourth-order valence-corrected chi connectivity index (χ4v) is 3.32. The van der Waals surface area contributed by atoms with Crippen molar-refractivity contribution >= 4 is 22.6 Å². The molecule has 5 nitrogen and oxygen atoms in total. The van der Waals surface area contributed by atoms with Crippen LogP contribution in [0.1, 0.15) is 53.9 Å². The summed E-state index contributed by atoms with van der Waals surface area (Å²) < 4.78 is 0. The van der Waals surface area contributed by atoms with Crippen molar-refractivity contribution in [1.82, 2.24) is 10.6 Å². The van der Waals surface area contributed by atoms with E-state index in [2.05, 4.69) is 28.8 Å². The second-order valence-electron chi connectivity index (χ2n) is 6.91. The number of hydrogen-bond acceptors (Lipinski definition) is 3. The molecule has 0 radical (unpaired) electrons. The number of benzene rings is 3. The van der Waals surface area contributed by atoms with Gasteiger partial charge in [0, 0.05) is 12.1 Å². The van der Waals surface area contributed by atoms with E-state index in [1.165, 1.54) is 0 Å². The number of nitrogens with one attached hydrogen (secondary N) is 2. The highest BCUT2D eigenvalue weighted by Gasteiger charge is 2.15. The van der Waals surface area contributed by atoms with Crippen LogP contribution in [0.2, 0.25) is 0 Å². The summed E-state index contributed by atoms with van der Waals surface area (Å²) in [6.45, 7) is 8.15. The number of rotatable bonds is 7. The summed E-state index contributed by atoms with van der Waals surface area (Å²) in [5.74, 6) is -1.05. The van der Waals surface area contributed by atoms with Crippen LogP contribution in [-0.4, -0.2) is 23.5 Å². The maximum atomic E-state index is 12.9. The van der Waals surface area contributed by atoms with Crippen LogP contribution in [0, 0.1) is 6.92 Å². The fraction of sp³-hybridized carbons (Fsp3) is 0.280. The molecule has 0 aliphatic heterocycles. The Morgan fingerprint density at radius 2 is 1.70 bits per heavy atom. The highest BCUT2D eigenvalue weighted by Crippen LogP contribution is 2.24. The first-order chi connectivity index (χ1) is 14.5. The van der Waals surface area contributed by atoms with Gasteiger partial charge in [-0.1, -0.05) is 68.4 Å². The Hall–Kier alpha value is -3.18. The standard InChI is InChI=1S/C23H24N2O3.C2H6/c1-15-10-11-17(13-24-14-22(26)27)12-21(15)23(28)25-16(2)19-9-5-7-18-6-3-4-8-20(18)19;1-2/h3-12,16,24H,13-14H2,1-2H3,(H,25,28)(H,26,27);1-2H3. The zero-order valence-electron chi connectivity index (χ0n) is 18.0. The number of hydrogen-bond donors (Lipinski definition) is 3. The molecule has 1 amide bonds. The third kappa shape index (κ3) is 5.91. The summed E-state index contributed by atoms with van der Waals surface area (Å²) in [6, 6.07) is 19.7. The van der Waals surface area contributed by atoms with Gasteiger partial charge in [-0.15, -0.1) is 0 Å². The van der Waals surface area contributed by atoms with Crippen molar-refractivity contribution in [1.29, 1.82) is 0 Å². The molecule has 0 saturated carbocycles. The first kappa shape index (κ1) is 23.1.